The van der Waals surface area contributed by atoms with Gasteiger partial charge in [0.25, 0.3) is 5.56 Å². The normalized spacial score (nSPS) is 12.9. The molecule has 0 unspecified atom stereocenters. The molecule has 1 N–H and O–H groups in total. The first-order chi connectivity index (χ1) is 16.4. The predicted octanol–water partition coefficient (Wildman–Crippen LogP) is 2.81. The van der Waals surface area contributed by atoms with E-state index >= 15 is 0 Å². The first kappa shape index (κ1) is 27.4. The van der Waals surface area contributed by atoms with Crippen LogP contribution in [0.5, 0.6) is 0 Å². The zero-order valence-electron chi connectivity index (χ0n) is 18.8. The van der Waals surface area contributed by atoms with Gasteiger partial charge >= 0.3 is 6.18 Å². The number of hydrogen-bond acceptors (Lipinski definition) is 8. The Kier molecular flexibility index (Phi) is 7.11. The molecule has 2 heterocycles. The summed E-state index contributed by atoms with van der Waals surface area (Å²) in [6, 6.07) is 0.547. The molecule has 0 aliphatic heterocycles. The molecule has 196 valence electrons. The van der Waals surface area contributed by atoms with Crippen LogP contribution in [0.4, 0.5) is 27.6 Å². The Balaban J connectivity index is 2.13. The number of benzene rings is 1. The molecule has 0 spiro atoms. The van der Waals surface area contributed by atoms with Gasteiger partial charge in [0.1, 0.15) is 16.9 Å². The fourth-order valence-corrected chi connectivity index (χ4v) is 4.70. The van der Waals surface area contributed by atoms with Gasteiger partial charge in [-0.3, -0.25) is 14.1 Å². The highest BCUT2D eigenvalue weighted by molar-refractivity contribution is 7.92. The second-order valence-electron chi connectivity index (χ2n) is 7.96. The summed E-state index contributed by atoms with van der Waals surface area (Å²) >= 11 is 0. The van der Waals surface area contributed by atoms with E-state index in [1.165, 1.54) is 4.72 Å². The Morgan fingerprint density at radius 1 is 1.06 bits per heavy atom. The highest BCUT2D eigenvalue weighted by atomic mass is 32.2. The van der Waals surface area contributed by atoms with Crippen molar-refractivity contribution >= 4 is 36.7 Å². The number of sulfone groups is 1. The Morgan fingerprint density at radius 3 is 2.14 bits per heavy atom. The number of anilines is 1. The third kappa shape index (κ3) is 5.95. The van der Waals surface area contributed by atoms with Crippen molar-refractivity contribution < 1.29 is 38.8 Å². The molecule has 0 fully saturated rings. The van der Waals surface area contributed by atoms with E-state index in [1.807, 2.05) is 0 Å². The second-order valence-corrected chi connectivity index (χ2v) is 11.7. The average molecular weight is 556 g/mol. The molecule has 3 rings (SSSR count). The van der Waals surface area contributed by atoms with Crippen LogP contribution in [0.3, 0.4) is 0 Å². The van der Waals surface area contributed by atoms with Gasteiger partial charge in [-0.05, 0) is 26.0 Å². The Morgan fingerprint density at radius 2 is 1.64 bits per heavy atom. The lowest BCUT2D eigenvalue weighted by Gasteiger charge is -2.16. The third-order valence-corrected chi connectivity index (χ3v) is 6.80. The molecule has 2 aromatic heterocycles. The van der Waals surface area contributed by atoms with Gasteiger partial charge in [0.15, 0.2) is 17.3 Å². The van der Waals surface area contributed by atoms with E-state index in [4.69, 9.17) is 0 Å². The molecule has 1 aromatic carbocycles. The van der Waals surface area contributed by atoms with Crippen molar-refractivity contribution in [1.29, 1.82) is 0 Å². The van der Waals surface area contributed by atoms with E-state index in [-0.39, 0.29) is 11.2 Å². The predicted molar refractivity (Wildman–Crippen MR) is 119 cm³/mol. The number of rotatable bonds is 7. The Labute approximate surface area is 201 Å². The monoisotopic (exact) mass is 555 g/mol. The van der Waals surface area contributed by atoms with Gasteiger partial charge in [-0.2, -0.15) is 18.2 Å². The topological polar surface area (TPSA) is 141 Å². The number of fused-ring (bicyclic) bond motifs is 1. The van der Waals surface area contributed by atoms with Crippen LogP contribution in [0.15, 0.2) is 28.3 Å². The maximum atomic E-state index is 14.7. The van der Waals surface area contributed by atoms with Crippen molar-refractivity contribution in [2.24, 2.45) is 0 Å². The zero-order valence-corrected chi connectivity index (χ0v) is 20.4. The summed E-state index contributed by atoms with van der Waals surface area (Å²) in [5, 5.41) is -0.572. The quantitative estimate of drug-likeness (QED) is 0.347. The molecular formula is C19H18F5N5O5S2. The zero-order chi connectivity index (χ0) is 27.2. The number of nitrogens with zero attached hydrogens (tertiary/aromatic N) is 4. The summed E-state index contributed by atoms with van der Waals surface area (Å²) in [6.07, 6.45) is -4.67. The number of halogens is 5. The maximum absolute atomic E-state index is 14.7. The minimum absolute atomic E-state index is 0.0801. The van der Waals surface area contributed by atoms with Gasteiger partial charge < -0.3 is 0 Å². The highest BCUT2D eigenvalue weighted by Gasteiger charge is 2.31. The Bertz CT molecular complexity index is 1600. The summed E-state index contributed by atoms with van der Waals surface area (Å²) in [6.45, 7) is 3.12. The van der Waals surface area contributed by atoms with E-state index in [1.54, 1.807) is 13.8 Å². The highest BCUT2D eigenvalue weighted by Crippen LogP contribution is 2.28. The molecule has 0 bridgehead atoms. The molecule has 0 aliphatic rings. The van der Waals surface area contributed by atoms with Gasteiger partial charge in [-0.15, -0.1) is 0 Å². The first-order valence-corrected chi connectivity index (χ1v) is 13.5. The lowest BCUT2D eigenvalue weighted by molar-refractivity contribution is -0.129. The standard InChI is InChI=1S/C19H18F5N5O5S2/c1-9(2)29-16-13(8-25-18(27-16)35(3,31)32)26-14(17(29)30)10-6-11(20)15(12(21)7-10)28-36(33,34)5-4-19(22,23)24/h6-9,28H,4-5H2,1-3H3. The number of aromatic nitrogens is 4. The molecular weight excluding hydrogens is 537 g/mol. The van der Waals surface area contributed by atoms with Crippen LogP contribution in [-0.2, 0) is 19.9 Å². The van der Waals surface area contributed by atoms with Crippen molar-refractivity contribution in [3.63, 3.8) is 0 Å². The second kappa shape index (κ2) is 9.34. The number of nitrogens with one attached hydrogen (secondary N) is 1. The molecule has 0 aliphatic carbocycles. The van der Waals surface area contributed by atoms with Crippen molar-refractivity contribution in [3.8, 4) is 11.3 Å². The molecule has 10 nitrogen and oxygen atoms in total. The summed E-state index contributed by atoms with van der Waals surface area (Å²) in [7, 11) is -8.60. The molecule has 36 heavy (non-hydrogen) atoms. The molecule has 3 aromatic rings. The van der Waals surface area contributed by atoms with Gasteiger partial charge in [0.2, 0.25) is 25.0 Å². The minimum atomic E-state index is -4.81. The van der Waals surface area contributed by atoms with Gasteiger partial charge in [0, 0.05) is 17.9 Å². The number of sulfonamides is 1. The van der Waals surface area contributed by atoms with Gasteiger partial charge in [0.05, 0.1) is 18.4 Å². The first-order valence-electron chi connectivity index (χ1n) is 9.95. The average Bonchev–Trinajstić information content (AvgIpc) is 2.72. The number of hydrogen-bond donors (Lipinski definition) is 1. The van der Waals surface area contributed by atoms with E-state index < -0.39 is 83.5 Å². The largest absolute Gasteiger partial charge is 0.390 e. The van der Waals surface area contributed by atoms with E-state index in [2.05, 4.69) is 15.0 Å². The maximum Gasteiger partial charge on any atom is 0.390 e. The lowest BCUT2D eigenvalue weighted by Crippen LogP contribution is -2.27. The fourth-order valence-electron chi connectivity index (χ4n) is 3.10. The summed E-state index contributed by atoms with van der Waals surface area (Å²) in [4.78, 5) is 24.7. The summed E-state index contributed by atoms with van der Waals surface area (Å²) in [5.41, 5.74) is -3.26. The van der Waals surface area contributed by atoms with E-state index in [0.29, 0.717) is 12.1 Å². The Hall–Kier alpha value is -3.21. The third-order valence-electron chi connectivity index (χ3n) is 4.69. The van der Waals surface area contributed by atoms with E-state index in [9.17, 15) is 43.6 Å². The van der Waals surface area contributed by atoms with Crippen LogP contribution in [0.1, 0.15) is 26.3 Å². The van der Waals surface area contributed by atoms with Gasteiger partial charge in [-0.1, -0.05) is 0 Å². The smallest absolute Gasteiger partial charge is 0.287 e. The van der Waals surface area contributed by atoms with E-state index in [0.717, 1.165) is 17.0 Å². The molecule has 0 saturated carbocycles. The van der Waals surface area contributed by atoms with Crippen molar-refractivity contribution in [2.45, 2.75) is 37.6 Å². The van der Waals surface area contributed by atoms with Crippen molar-refractivity contribution in [3.05, 3.63) is 40.3 Å². The SMILES string of the molecule is CC(C)n1c(=O)c(-c2cc(F)c(NS(=O)(=O)CCC(F)(F)F)c(F)c2)nc2cnc(S(C)(=O)=O)nc21. The van der Waals surface area contributed by atoms with Crippen LogP contribution < -0.4 is 10.3 Å². The van der Waals surface area contributed by atoms with Crippen molar-refractivity contribution in [1.82, 2.24) is 19.5 Å². The van der Waals surface area contributed by atoms with Crippen molar-refractivity contribution in [2.75, 3.05) is 16.7 Å². The van der Waals surface area contributed by atoms with Crippen LogP contribution >= 0.6 is 0 Å². The lowest BCUT2D eigenvalue weighted by atomic mass is 10.1. The molecule has 0 saturated heterocycles. The van der Waals surface area contributed by atoms with Crippen LogP contribution in [-0.4, -0.2) is 54.5 Å². The summed E-state index contributed by atoms with van der Waals surface area (Å²) < 4.78 is 116. The van der Waals surface area contributed by atoms with Crippen LogP contribution in [0.2, 0.25) is 0 Å². The van der Waals surface area contributed by atoms with Crippen LogP contribution in [0, 0.1) is 11.6 Å². The minimum Gasteiger partial charge on any atom is -0.287 e. The van der Waals surface area contributed by atoms with Gasteiger partial charge in [-0.25, -0.2) is 35.6 Å². The molecule has 0 atom stereocenters. The molecule has 0 radical (unpaired) electrons. The fraction of sp³-hybridized carbons (Fsp3) is 0.368. The number of alkyl halides is 3. The summed E-state index contributed by atoms with van der Waals surface area (Å²) in [5.74, 6) is -4.49. The van der Waals surface area contributed by atoms with Crippen LogP contribution in [0.25, 0.3) is 22.4 Å². The molecule has 17 heteroatoms. The molecule has 0 amide bonds.